The number of hydrogen-bond acceptors (Lipinski definition) is 4. The molecule has 2 heterocycles. The fourth-order valence-corrected chi connectivity index (χ4v) is 2.57. The molecule has 0 amide bonds. The predicted octanol–water partition coefficient (Wildman–Crippen LogP) is 2.24. The summed E-state index contributed by atoms with van der Waals surface area (Å²) >= 11 is 3.43. The number of rotatable bonds is 3. The molecule has 1 atom stereocenters. The quantitative estimate of drug-likeness (QED) is 0.927. The highest BCUT2D eigenvalue weighted by atomic mass is 79.9. The van der Waals surface area contributed by atoms with Crippen LogP contribution >= 0.6 is 15.9 Å². The highest BCUT2D eigenvalue weighted by molar-refractivity contribution is 9.10. The first-order valence-corrected chi connectivity index (χ1v) is 6.10. The van der Waals surface area contributed by atoms with E-state index in [9.17, 15) is 0 Å². The molecule has 1 aliphatic rings. The van der Waals surface area contributed by atoms with Gasteiger partial charge >= 0.3 is 0 Å². The number of ether oxygens (including phenoxy) is 2. The summed E-state index contributed by atoms with van der Waals surface area (Å²) in [5.74, 6) is 0.740. The molecule has 1 saturated heterocycles. The van der Waals surface area contributed by atoms with Gasteiger partial charge in [0.25, 0.3) is 0 Å². The lowest BCUT2D eigenvalue weighted by atomic mass is 9.85. The molecule has 1 fully saturated rings. The Kier molecular flexibility index (Phi) is 3.69. The molecular weight excluding hydrogens is 274 g/mol. The van der Waals surface area contributed by atoms with E-state index in [0.29, 0.717) is 13.2 Å². The van der Waals surface area contributed by atoms with E-state index in [-0.39, 0.29) is 11.6 Å². The normalized spacial score (nSPS) is 21.9. The zero-order valence-electron chi connectivity index (χ0n) is 9.24. The zero-order valence-corrected chi connectivity index (χ0v) is 10.8. The van der Waals surface area contributed by atoms with E-state index in [1.165, 1.54) is 0 Å². The molecule has 5 heteroatoms. The second-order valence-corrected chi connectivity index (χ2v) is 4.85. The molecule has 1 aromatic rings. The minimum atomic E-state index is -0.376. The monoisotopic (exact) mass is 289 g/mol. The second-order valence-electron chi connectivity index (χ2n) is 3.99. The topological polar surface area (TPSA) is 57.6 Å². The van der Waals surface area contributed by atoms with Crippen molar-refractivity contribution < 1.29 is 13.9 Å². The number of nitrogens with two attached hydrogens (primary N) is 1. The molecular formula is C11H16BrNO3. The van der Waals surface area contributed by atoms with Crippen molar-refractivity contribution in [1.29, 1.82) is 0 Å². The van der Waals surface area contributed by atoms with Gasteiger partial charge in [0.15, 0.2) is 0 Å². The summed E-state index contributed by atoms with van der Waals surface area (Å²) in [6, 6.07) is 1.57. The summed E-state index contributed by atoms with van der Waals surface area (Å²) in [6.45, 7) is 1.36. The predicted molar refractivity (Wildman–Crippen MR) is 63.1 cm³/mol. The number of furan rings is 1. The van der Waals surface area contributed by atoms with Crippen LogP contribution < -0.4 is 5.73 Å². The molecule has 90 valence electrons. The molecule has 0 bridgehead atoms. The molecule has 2 rings (SSSR count). The van der Waals surface area contributed by atoms with Gasteiger partial charge < -0.3 is 19.6 Å². The van der Waals surface area contributed by atoms with Gasteiger partial charge in [0, 0.05) is 33.2 Å². The number of halogens is 1. The highest BCUT2D eigenvalue weighted by Crippen LogP contribution is 2.38. The number of methoxy groups -OCH3 is 1. The van der Waals surface area contributed by atoms with Crippen LogP contribution in [0, 0.1) is 0 Å². The maximum absolute atomic E-state index is 6.26. The van der Waals surface area contributed by atoms with Gasteiger partial charge in [-0.05, 0) is 22.0 Å². The van der Waals surface area contributed by atoms with Crippen molar-refractivity contribution in [3.8, 4) is 0 Å². The van der Waals surface area contributed by atoms with E-state index in [0.717, 1.165) is 23.1 Å². The Bertz CT molecular complexity index is 347. The minimum Gasteiger partial charge on any atom is -0.466 e. The van der Waals surface area contributed by atoms with E-state index in [1.807, 2.05) is 6.07 Å². The summed E-state index contributed by atoms with van der Waals surface area (Å²) in [6.07, 6.45) is 3.21. The Morgan fingerprint density at radius 2 is 2.19 bits per heavy atom. The summed E-state index contributed by atoms with van der Waals surface area (Å²) in [5, 5.41) is 0. The third-order valence-electron chi connectivity index (χ3n) is 3.24. The minimum absolute atomic E-state index is 0.272. The van der Waals surface area contributed by atoms with Gasteiger partial charge in [-0.3, -0.25) is 0 Å². The van der Waals surface area contributed by atoms with Crippen LogP contribution in [0.1, 0.15) is 24.6 Å². The van der Waals surface area contributed by atoms with Crippen molar-refractivity contribution in [2.24, 2.45) is 5.73 Å². The van der Waals surface area contributed by atoms with E-state index < -0.39 is 0 Å². The van der Waals surface area contributed by atoms with Crippen molar-refractivity contribution in [3.63, 3.8) is 0 Å². The standard InChI is InChI=1S/C11H16BrNO3/c1-14-11(3-6-15-7-4-11)10(13)9-8(12)2-5-16-9/h2,5,10H,3-4,6-7,13H2,1H3. The summed E-state index contributed by atoms with van der Waals surface area (Å²) in [7, 11) is 1.70. The zero-order chi connectivity index (χ0) is 11.6. The Balaban J connectivity index is 2.24. The molecule has 0 saturated carbocycles. The fourth-order valence-electron chi connectivity index (χ4n) is 2.13. The van der Waals surface area contributed by atoms with Gasteiger partial charge in [-0.2, -0.15) is 0 Å². The average molecular weight is 290 g/mol. The van der Waals surface area contributed by atoms with Crippen molar-refractivity contribution in [1.82, 2.24) is 0 Å². The van der Waals surface area contributed by atoms with Gasteiger partial charge in [-0.1, -0.05) is 0 Å². The van der Waals surface area contributed by atoms with Crippen LogP contribution in [0.4, 0.5) is 0 Å². The summed E-state index contributed by atoms with van der Waals surface area (Å²) < 4.78 is 17.3. The van der Waals surface area contributed by atoms with Crippen molar-refractivity contribution in [2.75, 3.05) is 20.3 Å². The van der Waals surface area contributed by atoms with Gasteiger partial charge in [-0.25, -0.2) is 0 Å². The maximum atomic E-state index is 6.26. The van der Waals surface area contributed by atoms with Crippen LogP contribution in [-0.4, -0.2) is 25.9 Å². The van der Waals surface area contributed by atoms with Crippen LogP contribution in [-0.2, 0) is 9.47 Å². The summed E-state index contributed by atoms with van der Waals surface area (Å²) in [5.41, 5.74) is 5.88. The SMILES string of the molecule is COC1(C(N)c2occc2Br)CCOCC1. The first-order chi connectivity index (χ1) is 7.69. The molecule has 0 aliphatic carbocycles. The lowest BCUT2D eigenvalue weighted by Crippen LogP contribution is -2.47. The largest absolute Gasteiger partial charge is 0.466 e. The van der Waals surface area contributed by atoms with Gasteiger partial charge in [0.2, 0.25) is 0 Å². The van der Waals surface area contributed by atoms with E-state index in [4.69, 9.17) is 19.6 Å². The maximum Gasteiger partial charge on any atom is 0.137 e. The molecule has 0 spiro atoms. The van der Waals surface area contributed by atoms with E-state index in [1.54, 1.807) is 13.4 Å². The highest BCUT2D eigenvalue weighted by Gasteiger charge is 2.41. The lowest BCUT2D eigenvalue weighted by Gasteiger charge is -2.39. The van der Waals surface area contributed by atoms with Gasteiger partial charge in [0.1, 0.15) is 5.76 Å². The third-order valence-corrected chi connectivity index (χ3v) is 3.89. The Labute approximate surface area is 103 Å². The number of hydrogen-bond donors (Lipinski definition) is 1. The Morgan fingerprint density at radius 3 is 2.69 bits per heavy atom. The van der Waals surface area contributed by atoms with Crippen LogP contribution in [0.3, 0.4) is 0 Å². The first-order valence-electron chi connectivity index (χ1n) is 5.31. The van der Waals surface area contributed by atoms with Crippen molar-refractivity contribution >= 4 is 15.9 Å². The molecule has 1 aliphatic heterocycles. The molecule has 1 unspecified atom stereocenters. The molecule has 0 aromatic carbocycles. The smallest absolute Gasteiger partial charge is 0.137 e. The van der Waals surface area contributed by atoms with Crippen LogP contribution in [0.5, 0.6) is 0 Å². The Morgan fingerprint density at radius 1 is 1.50 bits per heavy atom. The van der Waals surface area contributed by atoms with E-state index in [2.05, 4.69) is 15.9 Å². The van der Waals surface area contributed by atoms with Gasteiger partial charge in [-0.15, -0.1) is 0 Å². The Hall–Kier alpha value is -0.360. The lowest BCUT2D eigenvalue weighted by molar-refractivity contribution is -0.108. The fraction of sp³-hybridized carbons (Fsp3) is 0.636. The second kappa shape index (κ2) is 4.87. The van der Waals surface area contributed by atoms with Crippen LogP contribution in [0.15, 0.2) is 21.2 Å². The molecule has 0 radical (unpaired) electrons. The molecule has 4 nitrogen and oxygen atoms in total. The van der Waals surface area contributed by atoms with Crippen molar-refractivity contribution in [2.45, 2.75) is 24.5 Å². The molecule has 2 N–H and O–H groups in total. The molecule has 16 heavy (non-hydrogen) atoms. The van der Waals surface area contributed by atoms with Crippen molar-refractivity contribution in [3.05, 3.63) is 22.6 Å². The van der Waals surface area contributed by atoms with Gasteiger partial charge in [0.05, 0.1) is 22.4 Å². The average Bonchev–Trinajstić information content (AvgIpc) is 2.75. The van der Waals surface area contributed by atoms with Crippen LogP contribution in [0.25, 0.3) is 0 Å². The van der Waals surface area contributed by atoms with Crippen LogP contribution in [0.2, 0.25) is 0 Å². The third kappa shape index (κ3) is 2.05. The first kappa shape index (κ1) is 12.1. The van der Waals surface area contributed by atoms with E-state index >= 15 is 0 Å². The molecule has 1 aromatic heterocycles. The summed E-state index contributed by atoms with van der Waals surface area (Å²) in [4.78, 5) is 0.